The summed E-state index contributed by atoms with van der Waals surface area (Å²) in [5, 5.41) is 4.01. The normalized spacial score (nSPS) is 15.8. The van der Waals surface area contributed by atoms with Gasteiger partial charge in [0.1, 0.15) is 0 Å². The van der Waals surface area contributed by atoms with Crippen molar-refractivity contribution in [3.05, 3.63) is 47.6 Å². The van der Waals surface area contributed by atoms with Gasteiger partial charge in [-0.1, -0.05) is 48.3 Å². The third-order valence-electron chi connectivity index (χ3n) is 3.61. The fourth-order valence-corrected chi connectivity index (χ4v) is 2.55. The molecule has 0 aliphatic heterocycles. The van der Waals surface area contributed by atoms with Gasteiger partial charge in [-0.25, -0.2) is 0 Å². The second-order valence-corrected chi connectivity index (χ2v) is 4.99. The van der Waals surface area contributed by atoms with E-state index in [0.29, 0.717) is 17.4 Å². The fraction of sp³-hybridized carbons (Fsp3) is 0.400. The number of aromatic nitrogens is 2. The smallest absolute Gasteiger partial charge is 0.234 e. The van der Waals surface area contributed by atoms with Gasteiger partial charge >= 0.3 is 0 Å². The van der Waals surface area contributed by atoms with Crippen molar-refractivity contribution in [2.75, 3.05) is 0 Å². The highest BCUT2D eigenvalue weighted by molar-refractivity contribution is 5.96. The van der Waals surface area contributed by atoms with Gasteiger partial charge in [-0.2, -0.15) is 4.98 Å². The first-order chi connectivity index (χ1) is 9.33. The minimum absolute atomic E-state index is 0.0159. The van der Waals surface area contributed by atoms with E-state index in [2.05, 4.69) is 10.1 Å². The maximum Gasteiger partial charge on any atom is 0.234 e. The number of carbonyl (C=O) groups is 1. The van der Waals surface area contributed by atoms with Crippen LogP contribution in [0.1, 0.15) is 53.7 Å². The summed E-state index contributed by atoms with van der Waals surface area (Å²) in [5.41, 5.74) is 0.683. The summed E-state index contributed by atoms with van der Waals surface area (Å²) >= 11 is 0. The zero-order chi connectivity index (χ0) is 13.1. The average Bonchev–Trinajstić information content (AvgIpc) is 3.10. The number of nitrogens with zero attached hydrogens (tertiary/aromatic N) is 2. The molecule has 0 spiro atoms. The van der Waals surface area contributed by atoms with Crippen LogP contribution in [0.4, 0.5) is 0 Å². The summed E-state index contributed by atoms with van der Waals surface area (Å²) < 4.78 is 5.19. The lowest BCUT2D eigenvalue weighted by Crippen LogP contribution is -2.04. The molecule has 0 bridgehead atoms. The molecule has 1 aromatic carbocycles. The molecule has 1 fully saturated rings. The summed E-state index contributed by atoms with van der Waals surface area (Å²) in [6, 6.07) is 9.20. The van der Waals surface area contributed by atoms with E-state index in [4.69, 9.17) is 4.52 Å². The summed E-state index contributed by atoms with van der Waals surface area (Å²) in [6.07, 6.45) is 4.91. The predicted molar refractivity (Wildman–Crippen MR) is 70.0 cm³/mol. The molecule has 1 heterocycles. The maximum atomic E-state index is 12.0. The topological polar surface area (TPSA) is 56.0 Å². The number of benzene rings is 1. The van der Waals surface area contributed by atoms with Crippen LogP contribution in [0.5, 0.6) is 0 Å². The SMILES string of the molecule is O=C(Cc1nc(C2CCCC2)no1)c1ccccc1. The van der Waals surface area contributed by atoms with Gasteiger partial charge < -0.3 is 4.52 Å². The molecule has 1 aromatic heterocycles. The first kappa shape index (κ1) is 12.1. The molecule has 2 aromatic rings. The van der Waals surface area contributed by atoms with Crippen molar-refractivity contribution < 1.29 is 9.32 Å². The van der Waals surface area contributed by atoms with Gasteiger partial charge in [-0.05, 0) is 12.8 Å². The lowest BCUT2D eigenvalue weighted by molar-refractivity contribution is 0.0983. The van der Waals surface area contributed by atoms with E-state index in [1.54, 1.807) is 12.1 Å². The molecule has 98 valence electrons. The van der Waals surface area contributed by atoms with E-state index in [9.17, 15) is 4.79 Å². The molecule has 0 atom stereocenters. The van der Waals surface area contributed by atoms with Gasteiger partial charge in [0.25, 0.3) is 0 Å². The monoisotopic (exact) mass is 256 g/mol. The van der Waals surface area contributed by atoms with Crippen LogP contribution >= 0.6 is 0 Å². The Bertz CT molecular complexity index is 557. The second kappa shape index (κ2) is 5.34. The molecule has 1 saturated carbocycles. The number of Topliss-reactive ketones (excluding diaryl/α,β-unsaturated/α-hetero) is 1. The van der Waals surface area contributed by atoms with Crippen molar-refractivity contribution in [2.24, 2.45) is 0 Å². The number of carbonyl (C=O) groups excluding carboxylic acids is 1. The van der Waals surface area contributed by atoms with E-state index in [0.717, 1.165) is 18.7 Å². The molecule has 0 amide bonds. The van der Waals surface area contributed by atoms with Crippen LogP contribution in [0.15, 0.2) is 34.9 Å². The summed E-state index contributed by atoms with van der Waals surface area (Å²) in [4.78, 5) is 16.4. The molecule has 1 aliphatic rings. The van der Waals surface area contributed by atoms with Crippen LogP contribution in [0.2, 0.25) is 0 Å². The lowest BCUT2D eigenvalue weighted by atomic mass is 10.1. The van der Waals surface area contributed by atoms with Crippen molar-refractivity contribution in [1.29, 1.82) is 0 Å². The van der Waals surface area contributed by atoms with Crippen molar-refractivity contribution in [2.45, 2.75) is 38.0 Å². The van der Waals surface area contributed by atoms with E-state index in [1.165, 1.54) is 12.8 Å². The van der Waals surface area contributed by atoms with Crippen molar-refractivity contribution in [3.63, 3.8) is 0 Å². The molecule has 1 aliphatic carbocycles. The molecule has 4 heteroatoms. The highest BCUT2D eigenvalue weighted by Crippen LogP contribution is 2.32. The highest BCUT2D eigenvalue weighted by Gasteiger charge is 2.23. The molecular formula is C15H16N2O2. The molecule has 0 N–H and O–H groups in total. The van der Waals surface area contributed by atoms with Crippen LogP contribution in [0.3, 0.4) is 0 Å². The van der Waals surface area contributed by atoms with Gasteiger partial charge in [-0.3, -0.25) is 4.79 Å². The quantitative estimate of drug-likeness (QED) is 0.788. The minimum atomic E-state index is 0.0159. The van der Waals surface area contributed by atoms with E-state index in [1.807, 2.05) is 18.2 Å². The molecule has 0 radical (unpaired) electrons. The molecule has 4 nitrogen and oxygen atoms in total. The summed E-state index contributed by atoms with van der Waals surface area (Å²) in [7, 11) is 0. The van der Waals surface area contributed by atoms with Crippen LogP contribution in [0, 0.1) is 0 Å². The van der Waals surface area contributed by atoms with E-state index >= 15 is 0 Å². The van der Waals surface area contributed by atoms with Crippen LogP contribution in [0.25, 0.3) is 0 Å². The summed E-state index contributed by atoms with van der Waals surface area (Å²) in [5.74, 6) is 1.63. The van der Waals surface area contributed by atoms with Gasteiger partial charge in [-0.15, -0.1) is 0 Å². The standard InChI is InChI=1S/C15H16N2O2/c18-13(11-6-2-1-3-7-11)10-14-16-15(17-19-14)12-8-4-5-9-12/h1-3,6-7,12H,4-5,8-10H2. The molecule has 19 heavy (non-hydrogen) atoms. The molecule has 0 unspecified atom stereocenters. The highest BCUT2D eigenvalue weighted by atomic mass is 16.5. The van der Waals surface area contributed by atoms with Crippen LogP contribution < -0.4 is 0 Å². The predicted octanol–water partition coefficient (Wildman–Crippen LogP) is 3.15. The Morgan fingerprint density at radius 2 is 1.95 bits per heavy atom. The third kappa shape index (κ3) is 2.72. The number of hydrogen-bond acceptors (Lipinski definition) is 4. The van der Waals surface area contributed by atoms with Crippen molar-refractivity contribution in [3.8, 4) is 0 Å². The Labute approximate surface area is 111 Å². The number of hydrogen-bond donors (Lipinski definition) is 0. The van der Waals surface area contributed by atoms with Crippen molar-refractivity contribution >= 4 is 5.78 Å². The first-order valence-corrected chi connectivity index (χ1v) is 6.73. The van der Waals surface area contributed by atoms with Crippen LogP contribution in [-0.4, -0.2) is 15.9 Å². The number of ketones is 1. The molecular weight excluding hydrogens is 240 g/mol. The maximum absolute atomic E-state index is 12.0. The van der Waals surface area contributed by atoms with Gasteiger partial charge in [0.2, 0.25) is 5.89 Å². The van der Waals surface area contributed by atoms with Crippen LogP contribution in [-0.2, 0) is 6.42 Å². The second-order valence-electron chi connectivity index (χ2n) is 4.99. The Kier molecular flexibility index (Phi) is 3.40. The molecule has 0 saturated heterocycles. The average molecular weight is 256 g/mol. The van der Waals surface area contributed by atoms with Crippen molar-refractivity contribution in [1.82, 2.24) is 10.1 Å². The Balaban J connectivity index is 1.68. The largest absolute Gasteiger partial charge is 0.339 e. The van der Waals surface area contributed by atoms with Gasteiger partial charge in [0, 0.05) is 11.5 Å². The lowest BCUT2D eigenvalue weighted by Gasteiger charge is -1.99. The zero-order valence-corrected chi connectivity index (χ0v) is 10.7. The molecule has 3 rings (SSSR count). The van der Waals surface area contributed by atoms with Gasteiger partial charge in [0.05, 0.1) is 6.42 Å². The fourth-order valence-electron chi connectivity index (χ4n) is 2.55. The Morgan fingerprint density at radius 1 is 1.21 bits per heavy atom. The summed E-state index contributed by atoms with van der Waals surface area (Å²) in [6.45, 7) is 0. The number of rotatable bonds is 4. The third-order valence-corrected chi connectivity index (χ3v) is 3.61. The van der Waals surface area contributed by atoms with E-state index < -0.39 is 0 Å². The minimum Gasteiger partial charge on any atom is -0.339 e. The Morgan fingerprint density at radius 3 is 2.68 bits per heavy atom. The van der Waals surface area contributed by atoms with E-state index in [-0.39, 0.29) is 12.2 Å². The zero-order valence-electron chi connectivity index (χ0n) is 10.7. The Hall–Kier alpha value is -1.97. The van der Waals surface area contributed by atoms with Gasteiger partial charge in [0.15, 0.2) is 11.6 Å². The first-order valence-electron chi connectivity index (χ1n) is 6.73.